The van der Waals surface area contributed by atoms with Gasteiger partial charge >= 0.3 is 0 Å². The molecule has 0 aliphatic carbocycles. The summed E-state index contributed by atoms with van der Waals surface area (Å²) in [7, 11) is -3.67. The summed E-state index contributed by atoms with van der Waals surface area (Å²) in [6.45, 7) is 1.91. The number of sulfone groups is 1. The molecule has 3 aromatic rings. The molecule has 7 heteroatoms. The van der Waals surface area contributed by atoms with Crippen molar-refractivity contribution in [1.29, 1.82) is 0 Å². The van der Waals surface area contributed by atoms with Crippen LogP contribution in [0.1, 0.15) is 28.3 Å². The molecule has 0 bridgehead atoms. The van der Waals surface area contributed by atoms with Crippen LogP contribution in [0.5, 0.6) is 0 Å². The molecule has 2 aromatic heterocycles. The lowest BCUT2D eigenvalue weighted by atomic mass is 9.93. The van der Waals surface area contributed by atoms with Gasteiger partial charge in [-0.1, -0.05) is 17.7 Å². The number of fused-ring (bicyclic) bond motifs is 1. The number of nitrogens with one attached hydrogen (secondary N) is 1. The maximum absolute atomic E-state index is 13.0. The monoisotopic (exact) mass is 389 g/mol. The Labute approximate surface area is 154 Å². The fourth-order valence-electron chi connectivity index (χ4n) is 2.99. The smallest absolute Gasteiger partial charge is 0.225 e. The number of hydrogen-bond donors (Lipinski definition) is 1. The molecule has 0 spiro atoms. The molecule has 1 aliphatic heterocycles. The second-order valence-electron chi connectivity index (χ2n) is 6.02. The largest absolute Gasteiger partial charge is 0.324 e. The van der Waals surface area contributed by atoms with Crippen LogP contribution in [0.3, 0.4) is 0 Å². The molecule has 25 heavy (non-hydrogen) atoms. The zero-order chi connectivity index (χ0) is 17.6. The normalized spacial score (nSPS) is 17.2. The number of benzene rings is 1. The van der Waals surface area contributed by atoms with Gasteiger partial charge in [-0.2, -0.15) is 11.3 Å². The number of thiophene rings is 2. The van der Waals surface area contributed by atoms with Crippen molar-refractivity contribution in [2.75, 3.05) is 5.32 Å². The van der Waals surface area contributed by atoms with Crippen molar-refractivity contribution < 1.29 is 13.2 Å². The van der Waals surface area contributed by atoms with Crippen LogP contribution < -0.4 is 5.32 Å². The van der Waals surface area contributed by atoms with Gasteiger partial charge in [0.1, 0.15) is 4.90 Å². The maximum atomic E-state index is 13.0. The zero-order valence-electron chi connectivity index (χ0n) is 13.4. The molecule has 1 N–H and O–H groups in total. The molecule has 4 rings (SSSR count). The number of carbonyl (C=O) groups is 1. The van der Waals surface area contributed by atoms with E-state index in [0.717, 1.165) is 16.0 Å². The highest BCUT2D eigenvalue weighted by atomic mass is 32.2. The molecular weight excluding hydrogens is 374 g/mol. The molecule has 0 fully saturated rings. The van der Waals surface area contributed by atoms with Crippen LogP contribution in [0.25, 0.3) is 0 Å². The minimum atomic E-state index is -3.67. The van der Waals surface area contributed by atoms with E-state index in [1.54, 1.807) is 41.0 Å². The van der Waals surface area contributed by atoms with Gasteiger partial charge < -0.3 is 5.32 Å². The Kier molecular flexibility index (Phi) is 4.02. The summed E-state index contributed by atoms with van der Waals surface area (Å²) in [5.41, 5.74) is 2.50. The van der Waals surface area contributed by atoms with E-state index in [9.17, 15) is 13.2 Å². The third-order valence-corrected chi connectivity index (χ3v) is 8.06. The molecule has 1 amide bonds. The predicted octanol–water partition coefficient (Wildman–Crippen LogP) is 4.42. The van der Waals surface area contributed by atoms with Crippen molar-refractivity contribution in [2.45, 2.75) is 29.1 Å². The van der Waals surface area contributed by atoms with E-state index in [2.05, 4.69) is 5.32 Å². The van der Waals surface area contributed by atoms with Crippen molar-refractivity contribution in [1.82, 2.24) is 0 Å². The first kappa shape index (κ1) is 16.5. The Balaban J connectivity index is 1.83. The molecule has 4 nitrogen and oxygen atoms in total. The van der Waals surface area contributed by atoms with Gasteiger partial charge in [-0.05, 0) is 41.4 Å². The summed E-state index contributed by atoms with van der Waals surface area (Å²) < 4.78 is 26.1. The van der Waals surface area contributed by atoms with E-state index < -0.39 is 9.84 Å². The van der Waals surface area contributed by atoms with Gasteiger partial charge in [0.25, 0.3) is 0 Å². The number of carbonyl (C=O) groups excluding carboxylic acids is 1. The first-order valence-electron chi connectivity index (χ1n) is 7.72. The van der Waals surface area contributed by atoms with Crippen molar-refractivity contribution in [2.24, 2.45) is 0 Å². The summed E-state index contributed by atoms with van der Waals surface area (Å²) in [6, 6.07) is 8.76. The number of hydrogen-bond acceptors (Lipinski definition) is 5. The summed E-state index contributed by atoms with van der Waals surface area (Å²) in [5, 5.41) is 8.41. The molecular formula is C18H15NO3S3. The highest BCUT2D eigenvalue weighted by molar-refractivity contribution is 7.91. The first-order chi connectivity index (χ1) is 12.0. The van der Waals surface area contributed by atoms with Gasteiger partial charge in [0.15, 0.2) is 0 Å². The predicted molar refractivity (Wildman–Crippen MR) is 100 cm³/mol. The SMILES string of the molecule is Cc1ccc(S(=O)(=O)c2csc3c2NC(=O)C[C@H]3c2ccsc2)cc1. The van der Waals surface area contributed by atoms with E-state index in [1.165, 1.54) is 11.3 Å². The van der Waals surface area contributed by atoms with E-state index in [0.29, 0.717) is 12.1 Å². The standard InChI is InChI=1S/C18H15NO3S3/c1-11-2-4-13(5-3-11)25(21,22)15-10-24-18-14(12-6-7-23-9-12)8-16(20)19-17(15)18/h2-7,9-10,14H,8H2,1H3,(H,19,20)/t14-/m0/s1. The van der Waals surface area contributed by atoms with Crippen LogP contribution >= 0.6 is 22.7 Å². The molecule has 1 atom stereocenters. The molecule has 0 saturated carbocycles. The Hall–Kier alpha value is -1.96. The van der Waals surface area contributed by atoms with Crippen molar-refractivity contribution in [3.05, 3.63) is 62.5 Å². The molecule has 3 heterocycles. The second-order valence-corrected chi connectivity index (χ2v) is 9.63. The lowest BCUT2D eigenvalue weighted by Gasteiger charge is -2.22. The summed E-state index contributed by atoms with van der Waals surface area (Å²) in [6.07, 6.45) is 0.342. The van der Waals surface area contributed by atoms with Crippen molar-refractivity contribution in [3.8, 4) is 0 Å². The van der Waals surface area contributed by atoms with E-state index in [4.69, 9.17) is 0 Å². The van der Waals surface area contributed by atoms with Crippen LogP contribution in [-0.4, -0.2) is 14.3 Å². The number of anilines is 1. The molecule has 128 valence electrons. The zero-order valence-corrected chi connectivity index (χ0v) is 15.8. The average molecular weight is 390 g/mol. The Bertz CT molecular complexity index is 1030. The van der Waals surface area contributed by atoms with Gasteiger partial charge in [0.05, 0.1) is 10.6 Å². The van der Waals surface area contributed by atoms with Gasteiger partial charge in [-0.3, -0.25) is 4.79 Å². The fourth-order valence-corrected chi connectivity index (χ4v) is 6.61. The van der Waals surface area contributed by atoms with Crippen LogP contribution in [0.2, 0.25) is 0 Å². The quantitative estimate of drug-likeness (QED) is 0.721. The minimum absolute atomic E-state index is 0.0815. The maximum Gasteiger partial charge on any atom is 0.225 e. The molecule has 1 aliphatic rings. The first-order valence-corrected chi connectivity index (χ1v) is 11.0. The van der Waals surface area contributed by atoms with Crippen LogP contribution in [0.4, 0.5) is 5.69 Å². The molecule has 0 unspecified atom stereocenters. The van der Waals surface area contributed by atoms with Crippen LogP contribution in [0, 0.1) is 6.92 Å². The van der Waals surface area contributed by atoms with E-state index in [-0.39, 0.29) is 21.6 Å². The third kappa shape index (κ3) is 2.82. The lowest BCUT2D eigenvalue weighted by molar-refractivity contribution is -0.116. The van der Waals surface area contributed by atoms with Crippen molar-refractivity contribution in [3.63, 3.8) is 0 Å². The van der Waals surface area contributed by atoms with Gasteiger partial charge in [0, 0.05) is 22.6 Å². The average Bonchev–Trinajstić information content (AvgIpc) is 3.24. The lowest BCUT2D eigenvalue weighted by Crippen LogP contribution is -2.23. The van der Waals surface area contributed by atoms with E-state index >= 15 is 0 Å². The van der Waals surface area contributed by atoms with Crippen molar-refractivity contribution >= 4 is 44.1 Å². The summed E-state index contributed by atoms with van der Waals surface area (Å²) in [4.78, 5) is 13.5. The Morgan fingerprint density at radius 2 is 1.88 bits per heavy atom. The van der Waals surface area contributed by atoms with E-state index in [1.807, 2.05) is 23.8 Å². The number of rotatable bonds is 3. The molecule has 0 radical (unpaired) electrons. The van der Waals surface area contributed by atoms with Crippen LogP contribution in [-0.2, 0) is 14.6 Å². The molecule has 1 aromatic carbocycles. The van der Waals surface area contributed by atoms with Gasteiger partial charge in [-0.25, -0.2) is 8.42 Å². The Morgan fingerprint density at radius 1 is 1.12 bits per heavy atom. The fraction of sp³-hybridized carbons (Fsp3) is 0.167. The Morgan fingerprint density at radius 3 is 2.56 bits per heavy atom. The van der Waals surface area contributed by atoms with Gasteiger partial charge in [0.2, 0.25) is 15.7 Å². The van der Waals surface area contributed by atoms with Crippen LogP contribution in [0.15, 0.2) is 56.3 Å². The highest BCUT2D eigenvalue weighted by Gasteiger charge is 2.34. The molecule has 0 saturated heterocycles. The highest BCUT2D eigenvalue weighted by Crippen LogP contribution is 2.46. The second kappa shape index (κ2) is 6.09. The van der Waals surface area contributed by atoms with Gasteiger partial charge in [-0.15, -0.1) is 11.3 Å². The third-order valence-electron chi connectivity index (χ3n) is 4.32. The number of aryl methyl sites for hydroxylation is 1. The topological polar surface area (TPSA) is 63.2 Å². The summed E-state index contributed by atoms with van der Waals surface area (Å²) in [5.74, 6) is -0.232. The summed E-state index contributed by atoms with van der Waals surface area (Å²) >= 11 is 2.97. The minimum Gasteiger partial charge on any atom is -0.324 e. The number of amides is 1.